The summed E-state index contributed by atoms with van der Waals surface area (Å²) in [7, 11) is -3.03. The molecule has 120 valence electrons. The van der Waals surface area contributed by atoms with Crippen molar-refractivity contribution in [1.29, 1.82) is 0 Å². The number of hydrogen-bond acceptors (Lipinski definition) is 2. The highest BCUT2D eigenvalue weighted by Crippen LogP contribution is 2.23. The fourth-order valence-corrected chi connectivity index (χ4v) is 3.86. The third-order valence-corrected chi connectivity index (χ3v) is 6.98. The molecule has 0 bridgehead atoms. The zero-order valence-corrected chi connectivity index (χ0v) is 15.1. The molecule has 0 N–H and O–H groups in total. The summed E-state index contributed by atoms with van der Waals surface area (Å²) >= 11 is 5.87. The summed E-state index contributed by atoms with van der Waals surface area (Å²) < 4.78 is 23.9. The summed E-state index contributed by atoms with van der Waals surface area (Å²) in [6, 6.07) is 7.88. The highest BCUT2D eigenvalue weighted by molar-refractivity contribution is 7.92. The number of aryl methyl sites for hydroxylation is 1. The minimum atomic E-state index is -3.03. The molecule has 1 rings (SSSR count). The number of halogens is 1. The van der Waals surface area contributed by atoms with Gasteiger partial charge in [0.2, 0.25) is 0 Å². The van der Waals surface area contributed by atoms with Gasteiger partial charge in [-0.05, 0) is 63.6 Å². The molecule has 0 saturated carbocycles. The van der Waals surface area contributed by atoms with Gasteiger partial charge in [0.25, 0.3) is 0 Å². The van der Waals surface area contributed by atoms with E-state index in [0.29, 0.717) is 5.75 Å². The number of sulfone groups is 1. The molecule has 0 aromatic heterocycles. The van der Waals surface area contributed by atoms with E-state index in [0.717, 1.165) is 30.7 Å². The van der Waals surface area contributed by atoms with Crippen LogP contribution in [0.4, 0.5) is 0 Å². The molecule has 0 heterocycles. The summed E-state index contributed by atoms with van der Waals surface area (Å²) in [6.07, 6.45) is 3.85. The van der Waals surface area contributed by atoms with Crippen LogP contribution in [0.2, 0.25) is 5.02 Å². The van der Waals surface area contributed by atoms with Crippen LogP contribution in [-0.2, 0) is 16.3 Å². The Bertz CT molecular complexity index is 527. The zero-order chi connectivity index (χ0) is 16.1. The van der Waals surface area contributed by atoms with Crippen LogP contribution in [0.3, 0.4) is 0 Å². The Morgan fingerprint density at radius 3 is 2.19 bits per heavy atom. The van der Waals surface area contributed by atoms with Crippen molar-refractivity contribution in [3.8, 4) is 0 Å². The maximum atomic E-state index is 12.3. The maximum Gasteiger partial charge on any atom is 0.155 e. The number of benzene rings is 1. The van der Waals surface area contributed by atoms with Crippen LogP contribution in [0, 0.1) is 5.92 Å². The van der Waals surface area contributed by atoms with E-state index in [1.807, 2.05) is 24.3 Å². The SMILES string of the molecule is CCC(CCCc1ccc(Cl)cc1)CS(=O)(=O)C(C)(C)C. The highest BCUT2D eigenvalue weighted by Gasteiger charge is 2.30. The molecule has 1 unspecified atom stereocenters. The van der Waals surface area contributed by atoms with Gasteiger partial charge in [0, 0.05) is 5.02 Å². The zero-order valence-electron chi connectivity index (χ0n) is 13.5. The fraction of sp³-hybridized carbons (Fsp3) is 0.647. The Kier molecular flexibility index (Phi) is 6.73. The van der Waals surface area contributed by atoms with E-state index in [4.69, 9.17) is 11.6 Å². The Labute approximate surface area is 134 Å². The molecule has 0 saturated heterocycles. The normalized spacial score (nSPS) is 14.1. The molecule has 0 aliphatic rings. The Morgan fingerprint density at radius 2 is 1.71 bits per heavy atom. The van der Waals surface area contributed by atoms with Gasteiger partial charge >= 0.3 is 0 Å². The van der Waals surface area contributed by atoms with Crippen LogP contribution >= 0.6 is 11.6 Å². The third kappa shape index (κ3) is 5.99. The van der Waals surface area contributed by atoms with Crippen LogP contribution in [0.5, 0.6) is 0 Å². The summed E-state index contributed by atoms with van der Waals surface area (Å²) in [5.74, 6) is 0.551. The molecule has 1 atom stereocenters. The fourth-order valence-electron chi connectivity index (χ4n) is 2.21. The molecule has 0 aliphatic heterocycles. The summed E-state index contributed by atoms with van der Waals surface area (Å²) in [5, 5.41) is 0.751. The molecule has 1 aromatic rings. The molecule has 0 aliphatic carbocycles. The second kappa shape index (κ2) is 7.64. The predicted octanol–water partition coefficient (Wildman–Crippen LogP) is 4.90. The van der Waals surface area contributed by atoms with Crippen LogP contribution in [0.1, 0.15) is 52.5 Å². The van der Waals surface area contributed by atoms with E-state index in [1.54, 1.807) is 20.8 Å². The first-order chi connectivity index (χ1) is 9.65. The molecule has 0 spiro atoms. The van der Waals surface area contributed by atoms with E-state index < -0.39 is 14.6 Å². The van der Waals surface area contributed by atoms with Crippen LogP contribution in [-0.4, -0.2) is 18.9 Å². The first kappa shape index (κ1) is 18.5. The summed E-state index contributed by atoms with van der Waals surface area (Å²) in [6.45, 7) is 7.42. The molecule has 1 aromatic carbocycles. The van der Waals surface area contributed by atoms with Crippen molar-refractivity contribution in [1.82, 2.24) is 0 Å². The van der Waals surface area contributed by atoms with Crippen LogP contribution < -0.4 is 0 Å². The van der Waals surface area contributed by atoms with Crippen molar-refractivity contribution in [2.24, 2.45) is 5.92 Å². The Balaban J connectivity index is 2.50. The Hall–Kier alpha value is -0.540. The summed E-state index contributed by atoms with van der Waals surface area (Å²) in [4.78, 5) is 0. The standard InChI is InChI=1S/C17H27ClO2S/c1-5-14(13-21(19,20)17(2,3)4)7-6-8-15-9-11-16(18)12-10-15/h9-12,14H,5-8,13H2,1-4H3. The molecule has 4 heteroatoms. The molecule has 0 fully saturated rings. The van der Waals surface area contributed by atoms with E-state index in [1.165, 1.54) is 5.56 Å². The van der Waals surface area contributed by atoms with Gasteiger partial charge in [-0.15, -0.1) is 0 Å². The number of hydrogen-bond donors (Lipinski definition) is 0. The van der Waals surface area contributed by atoms with Crippen molar-refractivity contribution in [2.45, 2.75) is 58.1 Å². The lowest BCUT2D eigenvalue weighted by molar-refractivity contribution is 0.478. The quantitative estimate of drug-likeness (QED) is 0.712. The molecule has 21 heavy (non-hydrogen) atoms. The minimum absolute atomic E-state index is 0.251. The monoisotopic (exact) mass is 330 g/mol. The largest absolute Gasteiger partial charge is 0.228 e. The van der Waals surface area contributed by atoms with Crippen molar-refractivity contribution < 1.29 is 8.42 Å². The average molecular weight is 331 g/mol. The molecular formula is C17H27ClO2S. The topological polar surface area (TPSA) is 34.1 Å². The average Bonchev–Trinajstić information content (AvgIpc) is 2.38. The first-order valence-electron chi connectivity index (χ1n) is 7.62. The van der Waals surface area contributed by atoms with Crippen molar-refractivity contribution in [3.05, 3.63) is 34.9 Å². The lowest BCUT2D eigenvalue weighted by Gasteiger charge is -2.23. The van der Waals surface area contributed by atoms with Crippen molar-refractivity contribution in [2.75, 3.05) is 5.75 Å². The van der Waals surface area contributed by atoms with Crippen molar-refractivity contribution in [3.63, 3.8) is 0 Å². The van der Waals surface area contributed by atoms with Gasteiger partial charge < -0.3 is 0 Å². The molecule has 2 nitrogen and oxygen atoms in total. The Morgan fingerprint density at radius 1 is 1.14 bits per heavy atom. The van der Waals surface area contributed by atoms with Crippen molar-refractivity contribution >= 4 is 21.4 Å². The third-order valence-electron chi connectivity index (χ3n) is 3.96. The van der Waals surface area contributed by atoms with Crippen LogP contribution in [0.25, 0.3) is 0 Å². The molecule has 0 radical (unpaired) electrons. The highest BCUT2D eigenvalue weighted by atomic mass is 35.5. The van der Waals surface area contributed by atoms with Crippen LogP contribution in [0.15, 0.2) is 24.3 Å². The lowest BCUT2D eigenvalue weighted by Crippen LogP contribution is -2.33. The first-order valence-corrected chi connectivity index (χ1v) is 9.65. The summed E-state index contributed by atoms with van der Waals surface area (Å²) in [5.41, 5.74) is 1.26. The van der Waals surface area contributed by atoms with E-state index >= 15 is 0 Å². The smallest absolute Gasteiger partial charge is 0.155 e. The van der Waals surface area contributed by atoms with E-state index in [2.05, 4.69) is 6.92 Å². The predicted molar refractivity (Wildman–Crippen MR) is 91.7 cm³/mol. The van der Waals surface area contributed by atoms with Gasteiger partial charge in [-0.1, -0.05) is 37.1 Å². The second-order valence-corrected chi connectivity index (χ2v) is 9.91. The van der Waals surface area contributed by atoms with Gasteiger partial charge in [-0.2, -0.15) is 0 Å². The van der Waals surface area contributed by atoms with Gasteiger partial charge in [0.1, 0.15) is 0 Å². The molecule has 0 amide bonds. The van der Waals surface area contributed by atoms with E-state index in [9.17, 15) is 8.42 Å². The molecular weight excluding hydrogens is 304 g/mol. The van der Waals surface area contributed by atoms with Gasteiger partial charge in [-0.3, -0.25) is 0 Å². The number of rotatable bonds is 7. The minimum Gasteiger partial charge on any atom is -0.228 e. The maximum absolute atomic E-state index is 12.3. The van der Waals surface area contributed by atoms with E-state index in [-0.39, 0.29) is 5.92 Å². The van der Waals surface area contributed by atoms with Gasteiger partial charge in [0.05, 0.1) is 10.5 Å². The lowest BCUT2D eigenvalue weighted by atomic mass is 9.99. The van der Waals surface area contributed by atoms with Gasteiger partial charge in [-0.25, -0.2) is 8.42 Å². The second-order valence-electron chi connectivity index (χ2n) is 6.69. The van der Waals surface area contributed by atoms with Gasteiger partial charge in [0.15, 0.2) is 9.84 Å².